The second-order valence-electron chi connectivity index (χ2n) is 7.76. The van der Waals surface area contributed by atoms with Gasteiger partial charge in [-0.2, -0.15) is 0 Å². The fourth-order valence-corrected chi connectivity index (χ4v) is 4.00. The first kappa shape index (κ1) is 18.4. The molecule has 1 aliphatic carbocycles. The van der Waals surface area contributed by atoms with E-state index in [0.717, 1.165) is 29.1 Å². The Morgan fingerprint density at radius 3 is 2.46 bits per heavy atom. The van der Waals surface area contributed by atoms with Gasteiger partial charge in [0.05, 0.1) is 6.54 Å². The van der Waals surface area contributed by atoms with Crippen molar-refractivity contribution in [1.82, 2.24) is 14.8 Å². The molecule has 7 heteroatoms. The highest BCUT2D eigenvalue weighted by molar-refractivity contribution is 6.11. The molecule has 1 aromatic carbocycles. The highest BCUT2D eigenvalue weighted by Crippen LogP contribution is 2.38. The lowest BCUT2D eigenvalue weighted by molar-refractivity contribution is -0.130. The predicted molar refractivity (Wildman–Crippen MR) is 101 cm³/mol. The van der Waals surface area contributed by atoms with E-state index in [1.54, 1.807) is 6.92 Å². The molecular formula is C21H22FN3O3. The third-order valence-electron chi connectivity index (χ3n) is 5.70. The molecule has 3 amide bonds. The molecule has 1 saturated carbocycles. The van der Waals surface area contributed by atoms with Gasteiger partial charge in [0.15, 0.2) is 5.78 Å². The van der Waals surface area contributed by atoms with Gasteiger partial charge in [0.25, 0.3) is 5.91 Å². The first-order valence-corrected chi connectivity index (χ1v) is 9.34. The summed E-state index contributed by atoms with van der Waals surface area (Å²) in [5.41, 5.74) is 1.57. The molecule has 28 heavy (non-hydrogen) atoms. The third kappa shape index (κ3) is 2.82. The number of urea groups is 1. The van der Waals surface area contributed by atoms with Crippen molar-refractivity contribution < 1.29 is 18.8 Å². The number of nitrogens with zero attached hydrogens (tertiary/aromatic N) is 2. The van der Waals surface area contributed by atoms with Crippen molar-refractivity contribution in [2.24, 2.45) is 0 Å². The summed E-state index contributed by atoms with van der Waals surface area (Å²) in [7, 11) is 0. The van der Waals surface area contributed by atoms with Gasteiger partial charge >= 0.3 is 6.03 Å². The van der Waals surface area contributed by atoms with Gasteiger partial charge in [0, 0.05) is 23.0 Å². The maximum Gasteiger partial charge on any atom is 0.325 e. The van der Waals surface area contributed by atoms with Gasteiger partial charge in [0.2, 0.25) is 0 Å². The summed E-state index contributed by atoms with van der Waals surface area (Å²) >= 11 is 0. The molecule has 6 nitrogen and oxygen atoms in total. The van der Waals surface area contributed by atoms with Crippen LogP contribution in [0.15, 0.2) is 30.3 Å². The van der Waals surface area contributed by atoms with Gasteiger partial charge in [-0.15, -0.1) is 0 Å². The highest BCUT2D eigenvalue weighted by Gasteiger charge is 2.49. The monoisotopic (exact) mass is 383 g/mol. The van der Waals surface area contributed by atoms with Crippen LogP contribution in [0.3, 0.4) is 0 Å². The summed E-state index contributed by atoms with van der Waals surface area (Å²) in [6, 6.07) is 7.04. The number of rotatable bonds is 5. The van der Waals surface area contributed by atoms with Gasteiger partial charge in [-0.3, -0.25) is 14.5 Å². The Balaban J connectivity index is 1.58. The number of hydrogen-bond donors (Lipinski definition) is 1. The van der Waals surface area contributed by atoms with Crippen LogP contribution in [0.25, 0.3) is 0 Å². The van der Waals surface area contributed by atoms with Crippen molar-refractivity contribution in [3.63, 3.8) is 0 Å². The molecule has 146 valence electrons. The molecule has 0 bridgehead atoms. The molecule has 2 aliphatic rings. The van der Waals surface area contributed by atoms with Gasteiger partial charge in [-0.25, -0.2) is 9.18 Å². The number of halogens is 1. The third-order valence-corrected chi connectivity index (χ3v) is 5.70. The number of carbonyl (C=O) groups excluding carboxylic acids is 3. The Kier molecular flexibility index (Phi) is 4.14. The number of aryl methyl sites for hydroxylation is 1. The lowest BCUT2D eigenvalue weighted by Gasteiger charge is -2.22. The van der Waals surface area contributed by atoms with Crippen LogP contribution < -0.4 is 5.32 Å². The second kappa shape index (κ2) is 6.29. The smallest absolute Gasteiger partial charge is 0.325 e. The van der Waals surface area contributed by atoms with Crippen LogP contribution in [-0.4, -0.2) is 33.7 Å². The topological polar surface area (TPSA) is 71.4 Å². The molecule has 2 aromatic rings. The van der Waals surface area contributed by atoms with Crippen molar-refractivity contribution in [3.05, 3.63) is 58.7 Å². The molecule has 1 N–H and O–H groups in total. The Hall–Kier alpha value is -2.96. The van der Waals surface area contributed by atoms with Crippen LogP contribution in [0.4, 0.5) is 9.18 Å². The molecular weight excluding hydrogens is 361 g/mol. The molecule has 2 fully saturated rings. The molecule has 0 spiro atoms. The van der Waals surface area contributed by atoms with Gasteiger partial charge in [-0.1, -0.05) is 12.1 Å². The zero-order chi connectivity index (χ0) is 20.2. The normalized spacial score (nSPS) is 21.9. The SMILES string of the molecule is Cc1cc(C(=O)CN2C(=O)NC(C)(c3ccc(F)cc3)C2=O)c(C)n1C1CC1. The van der Waals surface area contributed by atoms with Gasteiger partial charge < -0.3 is 9.88 Å². The molecule has 1 saturated heterocycles. The summed E-state index contributed by atoms with van der Waals surface area (Å²) in [5, 5.41) is 2.64. The highest BCUT2D eigenvalue weighted by atomic mass is 19.1. The van der Waals surface area contributed by atoms with E-state index in [4.69, 9.17) is 0 Å². The largest absolute Gasteiger partial charge is 0.345 e. The lowest BCUT2D eigenvalue weighted by Crippen LogP contribution is -2.41. The summed E-state index contributed by atoms with van der Waals surface area (Å²) in [6.45, 7) is 5.09. The van der Waals surface area contributed by atoms with Crippen molar-refractivity contribution >= 4 is 17.7 Å². The summed E-state index contributed by atoms with van der Waals surface area (Å²) < 4.78 is 15.4. The Bertz CT molecular complexity index is 991. The van der Waals surface area contributed by atoms with Gasteiger partial charge in [0.1, 0.15) is 11.4 Å². The number of carbonyl (C=O) groups is 3. The van der Waals surface area contributed by atoms with Crippen LogP contribution in [-0.2, 0) is 10.3 Å². The van der Waals surface area contributed by atoms with Crippen LogP contribution in [0.2, 0.25) is 0 Å². The minimum absolute atomic E-state index is 0.271. The second-order valence-corrected chi connectivity index (χ2v) is 7.76. The van der Waals surface area contributed by atoms with E-state index in [1.807, 2.05) is 19.9 Å². The number of amides is 3. The maximum atomic E-state index is 13.2. The quantitative estimate of drug-likeness (QED) is 0.637. The maximum absolute atomic E-state index is 13.2. The molecule has 2 heterocycles. The summed E-state index contributed by atoms with van der Waals surface area (Å²) in [5.74, 6) is -1.22. The number of nitrogens with one attached hydrogen (secondary N) is 1. The van der Waals surface area contributed by atoms with Gasteiger partial charge in [-0.05, 0) is 57.4 Å². The predicted octanol–water partition coefficient (Wildman–Crippen LogP) is 3.23. The van der Waals surface area contributed by atoms with E-state index in [9.17, 15) is 18.8 Å². The first-order valence-electron chi connectivity index (χ1n) is 9.34. The number of hydrogen-bond acceptors (Lipinski definition) is 3. The summed E-state index contributed by atoms with van der Waals surface area (Å²) in [4.78, 5) is 39.2. The summed E-state index contributed by atoms with van der Waals surface area (Å²) in [6.07, 6.45) is 2.21. The minimum Gasteiger partial charge on any atom is -0.345 e. The van der Waals surface area contributed by atoms with E-state index >= 15 is 0 Å². The Morgan fingerprint density at radius 2 is 1.86 bits per heavy atom. The lowest BCUT2D eigenvalue weighted by atomic mass is 9.92. The van der Waals surface area contributed by atoms with E-state index in [1.165, 1.54) is 24.3 Å². The number of Topliss-reactive ketones (excluding diaryl/α,β-unsaturated/α-hetero) is 1. The first-order chi connectivity index (χ1) is 13.2. The van der Waals surface area contributed by atoms with Crippen molar-refractivity contribution in [2.75, 3.05) is 6.54 Å². The van der Waals surface area contributed by atoms with E-state index < -0.39 is 23.3 Å². The fourth-order valence-electron chi connectivity index (χ4n) is 4.00. The molecule has 0 radical (unpaired) electrons. The zero-order valence-corrected chi connectivity index (χ0v) is 16.1. The van der Waals surface area contributed by atoms with E-state index in [-0.39, 0.29) is 12.3 Å². The molecule has 1 aromatic heterocycles. The standard InChI is InChI=1S/C21H22FN3O3/c1-12-10-17(13(2)25(12)16-8-9-16)18(26)11-24-19(27)21(3,23-20(24)28)14-4-6-15(22)7-5-14/h4-7,10,16H,8-9,11H2,1-3H3,(H,23,28). The Labute approximate surface area is 162 Å². The van der Waals surface area contributed by atoms with Crippen molar-refractivity contribution in [3.8, 4) is 0 Å². The average Bonchev–Trinajstić information content (AvgIpc) is 3.39. The molecule has 1 aliphatic heterocycles. The number of aromatic nitrogens is 1. The Morgan fingerprint density at radius 1 is 1.21 bits per heavy atom. The molecule has 1 unspecified atom stereocenters. The van der Waals surface area contributed by atoms with E-state index in [2.05, 4.69) is 9.88 Å². The number of ketones is 1. The average molecular weight is 383 g/mol. The van der Waals surface area contributed by atoms with Crippen LogP contribution in [0.1, 0.15) is 53.1 Å². The number of benzene rings is 1. The van der Waals surface area contributed by atoms with E-state index in [0.29, 0.717) is 17.2 Å². The minimum atomic E-state index is -1.32. The molecule has 4 rings (SSSR count). The van der Waals surface area contributed by atoms with Crippen LogP contribution in [0, 0.1) is 19.7 Å². The van der Waals surface area contributed by atoms with Crippen molar-refractivity contribution in [1.29, 1.82) is 0 Å². The number of imide groups is 1. The fraction of sp³-hybridized carbons (Fsp3) is 0.381. The molecule has 1 atom stereocenters. The van der Waals surface area contributed by atoms with Crippen LogP contribution in [0.5, 0.6) is 0 Å². The van der Waals surface area contributed by atoms with Crippen LogP contribution >= 0.6 is 0 Å². The van der Waals surface area contributed by atoms with Crippen molar-refractivity contribution in [2.45, 2.75) is 45.2 Å². The zero-order valence-electron chi connectivity index (χ0n) is 16.1.